The summed E-state index contributed by atoms with van der Waals surface area (Å²) in [6.45, 7) is 0.305. The molecule has 1 aromatic carbocycles. The average Bonchev–Trinajstić information content (AvgIpc) is 2.53. The summed E-state index contributed by atoms with van der Waals surface area (Å²) in [4.78, 5) is 22.7. The number of carboxylic acids is 1. The van der Waals surface area contributed by atoms with Crippen LogP contribution >= 0.6 is 0 Å². The van der Waals surface area contributed by atoms with E-state index in [1.54, 1.807) is 25.2 Å². The lowest BCUT2D eigenvalue weighted by Gasteiger charge is -2.37. The van der Waals surface area contributed by atoms with E-state index in [-0.39, 0.29) is 13.2 Å². The molecule has 1 aliphatic rings. The van der Waals surface area contributed by atoms with Gasteiger partial charge < -0.3 is 14.3 Å². The molecule has 0 amide bonds. The highest BCUT2D eigenvalue weighted by molar-refractivity contribution is 5.85. The van der Waals surface area contributed by atoms with Crippen LogP contribution in [0.1, 0.15) is 5.56 Å². The van der Waals surface area contributed by atoms with Gasteiger partial charge >= 0.3 is 11.7 Å². The standard InChI is InChI=1S/C12H11NO5/c1-13-8-4-7(2-3-9(8)18-11(13)16)12(10(14)15)5-17-6-12/h2-4H,5-6H2,1H3,(H,14,15). The molecule has 0 spiro atoms. The molecule has 6 nitrogen and oxygen atoms in total. The van der Waals surface area contributed by atoms with E-state index in [4.69, 9.17) is 9.15 Å². The molecule has 18 heavy (non-hydrogen) atoms. The predicted molar refractivity (Wildman–Crippen MR) is 61.6 cm³/mol. The number of nitrogens with zero attached hydrogens (tertiary/aromatic N) is 1. The van der Waals surface area contributed by atoms with Crippen molar-refractivity contribution in [2.45, 2.75) is 5.41 Å². The minimum atomic E-state index is -0.999. The lowest BCUT2D eigenvalue weighted by Crippen LogP contribution is -2.53. The number of oxazole rings is 1. The first kappa shape index (κ1) is 11.0. The van der Waals surface area contributed by atoms with Crippen LogP contribution in [0.3, 0.4) is 0 Å². The van der Waals surface area contributed by atoms with Crippen LogP contribution in [0.4, 0.5) is 0 Å². The van der Waals surface area contributed by atoms with E-state index >= 15 is 0 Å². The molecule has 0 unspecified atom stereocenters. The molecule has 2 heterocycles. The molecule has 1 aromatic heterocycles. The van der Waals surface area contributed by atoms with Crippen molar-refractivity contribution in [3.05, 3.63) is 34.3 Å². The van der Waals surface area contributed by atoms with E-state index in [1.807, 2.05) is 0 Å². The third-order valence-corrected chi connectivity index (χ3v) is 3.45. The summed E-state index contributed by atoms with van der Waals surface area (Å²) in [5.41, 5.74) is 0.670. The van der Waals surface area contributed by atoms with Gasteiger partial charge in [-0.2, -0.15) is 0 Å². The molecule has 3 rings (SSSR count). The molecule has 94 valence electrons. The van der Waals surface area contributed by atoms with Crippen molar-refractivity contribution in [2.75, 3.05) is 13.2 Å². The van der Waals surface area contributed by atoms with Gasteiger partial charge in [-0.15, -0.1) is 0 Å². The highest BCUT2D eigenvalue weighted by Crippen LogP contribution is 2.34. The Morgan fingerprint density at radius 2 is 2.17 bits per heavy atom. The molecule has 1 aliphatic heterocycles. The van der Waals surface area contributed by atoms with Crippen molar-refractivity contribution in [1.29, 1.82) is 0 Å². The van der Waals surface area contributed by atoms with Gasteiger partial charge in [0.2, 0.25) is 0 Å². The smallest absolute Gasteiger partial charge is 0.419 e. The summed E-state index contributed by atoms with van der Waals surface area (Å²) in [6, 6.07) is 4.97. The van der Waals surface area contributed by atoms with Crippen molar-refractivity contribution in [3.63, 3.8) is 0 Å². The first-order chi connectivity index (χ1) is 8.54. The second-order valence-corrected chi connectivity index (χ2v) is 4.49. The van der Waals surface area contributed by atoms with Crippen LogP contribution in [0, 0.1) is 0 Å². The first-order valence-electron chi connectivity index (χ1n) is 5.46. The van der Waals surface area contributed by atoms with Crippen LogP contribution in [0.2, 0.25) is 0 Å². The Kier molecular flexibility index (Phi) is 2.12. The Labute approximate surface area is 101 Å². The lowest BCUT2D eigenvalue weighted by molar-refractivity contribution is -0.163. The second kappa shape index (κ2) is 3.46. The lowest BCUT2D eigenvalue weighted by atomic mass is 9.78. The Balaban J connectivity index is 2.22. The fourth-order valence-corrected chi connectivity index (χ4v) is 2.14. The molecule has 1 N–H and O–H groups in total. The number of fused-ring (bicyclic) bond motifs is 1. The van der Waals surface area contributed by atoms with E-state index in [0.717, 1.165) is 0 Å². The molecule has 0 atom stereocenters. The van der Waals surface area contributed by atoms with Crippen molar-refractivity contribution in [1.82, 2.24) is 4.57 Å². The van der Waals surface area contributed by atoms with E-state index in [9.17, 15) is 14.7 Å². The average molecular weight is 249 g/mol. The zero-order chi connectivity index (χ0) is 12.9. The maximum atomic E-state index is 11.4. The minimum Gasteiger partial charge on any atom is -0.480 e. The van der Waals surface area contributed by atoms with Gasteiger partial charge in [0.25, 0.3) is 0 Å². The molecule has 0 aliphatic carbocycles. The Morgan fingerprint density at radius 1 is 1.44 bits per heavy atom. The quantitative estimate of drug-likeness (QED) is 0.837. The number of carboxylic acid groups (broad SMARTS) is 1. The third-order valence-electron chi connectivity index (χ3n) is 3.45. The first-order valence-corrected chi connectivity index (χ1v) is 5.46. The summed E-state index contributed by atoms with van der Waals surface area (Å²) in [7, 11) is 1.59. The normalized spacial score (nSPS) is 17.6. The molecule has 2 aromatic rings. The van der Waals surface area contributed by atoms with Crippen LogP contribution in [-0.2, 0) is 22.0 Å². The van der Waals surface area contributed by atoms with Crippen LogP contribution in [0.25, 0.3) is 11.1 Å². The third kappa shape index (κ3) is 1.26. The molecule has 1 fully saturated rings. The number of aryl methyl sites for hydroxylation is 1. The van der Waals surface area contributed by atoms with Crippen molar-refractivity contribution >= 4 is 17.1 Å². The highest BCUT2D eigenvalue weighted by atomic mass is 16.5. The van der Waals surface area contributed by atoms with Gasteiger partial charge in [-0.25, -0.2) is 4.79 Å². The van der Waals surface area contributed by atoms with Gasteiger partial charge in [-0.3, -0.25) is 9.36 Å². The van der Waals surface area contributed by atoms with Crippen LogP contribution in [-0.4, -0.2) is 28.9 Å². The number of rotatable bonds is 2. The molecular weight excluding hydrogens is 238 g/mol. The Bertz CT molecular complexity index is 692. The van der Waals surface area contributed by atoms with E-state index in [2.05, 4.69) is 0 Å². The zero-order valence-electron chi connectivity index (χ0n) is 9.67. The fourth-order valence-electron chi connectivity index (χ4n) is 2.14. The number of hydrogen-bond acceptors (Lipinski definition) is 4. The number of aromatic nitrogens is 1. The van der Waals surface area contributed by atoms with E-state index in [0.29, 0.717) is 16.7 Å². The number of hydrogen-bond donors (Lipinski definition) is 1. The van der Waals surface area contributed by atoms with Crippen molar-refractivity contribution < 1.29 is 19.1 Å². The predicted octanol–water partition coefficient (Wildman–Crippen LogP) is 0.484. The van der Waals surface area contributed by atoms with Gasteiger partial charge in [-0.1, -0.05) is 6.07 Å². The summed E-state index contributed by atoms with van der Waals surface area (Å²) in [6.07, 6.45) is 0. The summed E-state index contributed by atoms with van der Waals surface area (Å²) >= 11 is 0. The number of carbonyl (C=O) groups is 1. The number of ether oxygens (including phenoxy) is 1. The van der Waals surface area contributed by atoms with Crippen molar-refractivity contribution in [3.8, 4) is 0 Å². The number of aliphatic carboxylic acids is 1. The fraction of sp³-hybridized carbons (Fsp3) is 0.333. The van der Waals surface area contributed by atoms with Gasteiger partial charge in [0.15, 0.2) is 5.58 Å². The van der Waals surface area contributed by atoms with Crippen LogP contribution in [0.15, 0.2) is 27.4 Å². The number of benzene rings is 1. The monoisotopic (exact) mass is 249 g/mol. The van der Waals surface area contributed by atoms with Crippen molar-refractivity contribution in [2.24, 2.45) is 7.05 Å². The van der Waals surface area contributed by atoms with Crippen LogP contribution in [0.5, 0.6) is 0 Å². The molecule has 6 heteroatoms. The minimum absolute atomic E-state index is 0.152. The molecular formula is C12H11NO5. The summed E-state index contributed by atoms with van der Waals surface area (Å²) < 4.78 is 11.4. The highest BCUT2D eigenvalue weighted by Gasteiger charge is 2.48. The van der Waals surface area contributed by atoms with E-state index < -0.39 is 17.1 Å². The Hall–Kier alpha value is -2.08. The van der Waals surface area contributed by atoms with Gasteiger partial charge in [0.1, 0.15) is 5.41 Å². The van der Waals surface area contributed by atoms with Gasteiger partial charge in [0.05, 0.1) is 18.7 Å². The van der Waals surface area contributed by atoms with Gasteiger partial charge in [-0.05, 0) is 17.7 Å². The second-order valence-electron chi connectivity index (χ2n) is 4.49. The molecule has 0 radical (unpaired) electrons. The summed E-state index contributed by atoms with van der Waals surface area (Å²) in [5, 5.41) is 9.31. The van der Waals surface area contributed by atoms with Crippen LogP contribution < -0.4 is 5.76 Å². The topological polar surface area (TPSA) is 81.7 Å². The summed E-state index contributed by atoms with van der Waals surface area (Å²) in [5.74, 6) is -1.38. The maximum absolute atomic E-state index is 11.4. The van der Waals surface area contributed by atoms with Gasteiger partial charge in [0, 0.05) is 7.05 Å². The Morgan fingerprint density at radius 3 is 2.72 bits per heavy atom. The zero-order valence-corrected chi connectivity index (χ0v) is 9.67. The maximum Gasteiger partial charge on any atom is 0.419 e. The largest absolute Gasteiger partial charge is 0.480 e. The van der Waals surface area contributed by atoms with E-state index in [1.165, 1.54) is 4.57 Å². The molecule has 0 saturated carbocycles. The SMILES string of the molecule is Cn1c(=O)oc2ccc(C3(C(=O)O)COC3)cc21. The molecule has 0 bridgehead atoms. The molecule has 1 saturated heterocycles.